The van der Waals surface area contributed by atoms with Crippen LogP contribution >= 0.6 is 11.6 Å². The first-order chi connectivity index (χ1) is 19.4. The number of carbonyl (C=O) groups is 3. The Balaban J connectivity index is 1.59. The Morgan fingerprint density at radius 1 is 0.878 bits per heavy atom. The summed E-state index contributed by atoms with van der Waals surface area (Å²) in [6, 6.07) is 18.1. The Kier molecular flexibility index (Phi) is 8.88. The smallest absolute Gasteiger partial charge is 0.416 e. The summed E-state index contributed by atoms with van der Waals surface area (Å²) < 4.78 is 40.6. The molecule has 210 valence electrons. The van der Waals surface area contributed by atoms with Gasteiger partial charge in [-0.15, -0.1) is 0 Å². The fourth-order valence-electron chi connectivity index (χ4n) is 4.29. The summed E-state index contributed by atoms with van der Waals surface area (Å²) in [5.74, 6) is -2.04. The van der Waals surface area contributed by atoms with E-state index in [1.54, 1.807) is 18.2 Å². The fraction of sp³-hybridized carbons (Fsp3) is 0.161. The number of rotatable bonds is 9. The number of anilines is 1. The summed E-state index contributed by atoms with van der Waals surface area (Å²) in [5.41, 5.74) is 2.57. The number of benzene rings is 3. The zero-order valence-electron chi connectivity index (χ0n) is 21.8. The van der Waals surface area contributed by atoms with E-state index < -0.39 is 29.4 Å². The molecular formula is C31H24ClF3N2O4. The molecule has 0 fully saturated rings. The predicted molar refractivity (Wildman–Crippen MR) is 150 cm³/mol. The van der Waals surface area contributed by atoms with Crippen molar-refractivity contribution < 1.29 is 32.7 Å². The number of amides is 1. The summed E-state index contributed by atoms with van der Waals surface area (Å²) >= 11 is 6.04. The highest BCUT2D eigenvalue weighted by atomic mass is 35.5. The third-order valence-electron chi connectivity index (χ3n) is 6.39. The van der Waals surface area contributed by atoms with E-state index in [0.717, 1.165) is 34.9 Å². The Morgan fingerprint density at radius 3 is 2.20 bits per heavy atom. The van der Waals surface area contributed by atoms with Crippen molar-refractivity contribution in [1.29, 1.82) is 0 Å². The molecule has 0 aliphatic heterocycles. The molecule has 0 bridgehead atoms. The fourth-order valence-corrected chi connectivity index (χ4v) is 4.51. The Hall–Kier alpha value is -4.50. The van der Waals surface area contributed by atoms with Crippen LogP contribution in [0.3, 0.4) is 0 Å². The van der Waals surface area contributed by atoms with Crippen LogP contribution in [0.4, 0.5) is 18.9 Å². The normalized spacial score (nSPS) is 11.2. The number of halogens is 4. The van der Waals surface area contributed by atoms with Crippen molar-refractivity contribution in [1.82, 2.24) is 4.98 Å². The highest BCUT2D eigenvalue weighted by molar-refractivity contribution is 6.30. The number of nitrogens with one attached hydrogen (secondary N) is 1. The number of aryl methyl sites for hydroxylation is 1. The van der Waals surface area contributed by atoms with Gasteiger partial charge in [0, 0.05) is 40.9 Å². The molecule has 0 radical (unpaired) electrons. The predicted octanol–water partition coefficient (Wildman–Crippen LogP) is 8.09. The van der Waals surface area contributed by atoms with Crippen molar-refractivity contribution in [2.75, 3.05) is 5.32 Å². The van der Waals surface area contributed by atoms with E-state index in [1.807, 2.05) is 31.2 Å². The van der Waals surface area contributed by atoms with Gasteiger partial charge in [-0.1, -0.05) is 35.9 Å². The molecule has 0 unspecified atom stereocenters. The first kappa shape index (κ1) is 29.5. The summed E-state index contributed by atoms with van der Waals surface area (Å²) in [6.07, 6.45) is -3.50. The van der Waals surface area contributed by atoms with Crippen LogP contribution in [0, 0.1) is 6.92 Å². The lowest BCUT2D eigenvalue weighted by Crippen LogP contribution is -2.15. The molecule has 1 aromatic heterocycles. The van der Waals surface area contributed by atoms with Crippen LogP contribution < -0.4 is 5.32 Å². The number of carboxylic acids is 1. The maximum atomic E-state index is 13.5. The van der Waals surface area contributed by atoms with Crippen molar-refractivity contribution in [3.05, 3.63) is 106 Å². The minimum absolute atomic E-state index is 0.0110. The van der Waals surface area contributed by atoms with E-state index in [9.17, 15) is 27.6 Å². The largest absolute Gasteiger partial charge is 0.481 e. The zero-order chi connectivity index (χ0) is 29.7. The average molecular weight is 581 g/mol. The molecule has 6 nitrogen and oxygen atoms in total. The van der Waals surface area contributed by atoms with Crippen LogP contribution in [0.25, 0.3) is 22.3 Å². The van der Waals surface area contributed by atoms with Crippen molar-refractivity contribution >= 4 is 34.9 Å². The van der Waals surface area contributed by atoms with Gasteiger partial charge in [0.2, 0.25) is 0 Å². The van der Waals surface area contributed by atoms with Crippen molar-refractivity contribution in [2.24, 2.45) is 0 Å². The molecule has 4 aromatic rings. The standard InChI is InChI=1S/C31H24ClF3N2O4/c1-18-15-22(32)9-13-24(18)19-5-10-23(11-6-19)37-30(41)25-12-8-21(31(33,34)35)16-26(25)20-7-14-27(36-17-20)28(38)3-2-4-29(39)40/h5-17H,2-4H2,1H3,(H,37,41)(H,39,40). The van der Waals surface area contributed by atoms with Crippen LogP contribution in [0.1, 0.15) is 51.2 Å². The average Bonchev–Trinajstić information content (AvgIpc) is 2.92. The molecule has 0 saturated heterocycles. The number of alkyl halides is 3. The summed E-state index contributed by atoms with van der Waals surface area (Å²) in [7, 11) is 0. The summed E-state index contributed by atoms with van der Waals surface area (Å²) in [6.45, 7) is 1.93. The number of aromatic nitrogens is 1. The van der Waals surface area contributed by atoms with E-state index in [4.69, 9.17) is 16.7 Å². The molecule has 1 heterocycles. The van der Waals surface area contributed by atoms with Crippen molar-refractivity contribution in [3.63, 3.8) is 0 Å². The number of hydrogen-bond acceptors (Lipinski definition) is 4. The van der Waals surface area contributed by atoms with Crippen LogP contribution in [0.2, 0.25) is 5.02 Å². The molecule has 1 amide bonds. The highest BCUT2D eigenvalue weighted by Crippen LogP contribution is 2.35. The molecule has 41 heavy (non-hydrogen) atoms. The lowest BCUT2D eigenvalue weighted by molar-refractivity contribution is -0.138. The zero-order valence-corrected chi connectivity index (χ0v) is 22.5. The van der Waals surface area contributed by atoms with Gasteiger partial charge in [-0.25, -0.2) is 0 Å². The van der Waals surface area contributed by atoms with Crippen LogP contribution in [-0.4, -0.2) is 27.8 Å². The van der Waals surface area contributed by atoms with Gasteiger partial charge in [0.25, 0.3) is 5.91 Å². The number of carboxylic acid groups (broad SMARTS) is 1. The van der Waals surface area contributed by atoms with Gasteiger partial charge >= 0.3 is 12.1 Å². The van der Waals surface area contributed by atoms with Crippen LogP contribution in [0.5, 0.6) is 0 Å². The Bertz CT molecular complexity index is 1600. The number of aliphatic carboxylic acids is 1. The molecule has 2 N–H and O–H groups in total. The second-order valence-electron chi connectivity index (χ2n) is 9.35. The molecular weight excluding hydrogens is 557 g/mol. The number of nitrogens with zero attached hydrogens (tertiary/aromatic N) is 1. The van der Waals surface area contributed by atoms with Crippen molar-refractivity contribution in [2.45, 2.75) is 32.4 Å². The minimum atomic E-state index is -4.65. The molecule has 0 saturated carbocycles. The first-order valence-corrected chi connectivity index (χ1v) is 12.9. The summed E-state index contributed by atoms with van der Waals surface area (Å²) in [5, 5.41) is 12.1. The molecule has 0 aliphatic carbocycles. The van der Waals surface area contributed by atoms with Crippen LogP contribution in [0.15, 0.2) is 79.0 Å². The monoisotopic (exact) mass is 580 g/mol. The molecule has 0 aliphatic rings. The van der Waals surface area contributed by atoms with Gasteiger partial charge in [0.15, 0.2) is 5.78 Å². The third kappa shape index (κ3) is 7.37. The van der Waals surface area contributed by atoms with Gasteiger partial charge in [-0.2, -0.15) is 13.2 Å². The second-order valence-corrected chi connectivity index (χ2v) is 9.79. The van der Waals surface area contributed by atoms with E-state index in [2.05, 4.69) is 10.3 Å². The van der Waals surface area contributed by atoms with Gasteiger partial charge in [-0.05, 0) is 84.1 Å². The van der Waals surface area contributed by atoms with Crippen LogP contribution in [-0.2, 0) is 11.0 Å². The van der Waals surface area contributed by atoms with E-state index in [1.165, 1.54) is 18.3 Å². The molecule has 10 heteroatoms. The first-order valence-electron chi connectivity index (χ1n) is 12.5. The number of ketones is 1. The number of carbonyl (C=O) groups excluding carboxylic acids is 2. The topological polar surface area (TPSA) is 96.4 Å². The van der Waals surface area contributed by atoms with Gasteiger partial charge < -0.3 is 10.4 Å². The van der Waals surface area contributed by atoms with E-state index in [0.29, 0.717) is 10.7 Å². The number of hydrogen-bond donors (Lipinski definition) is 2. The minimum Gasteiger partial charge on any atom is -0.481 e. The SMILES string of the molecule is Cc1cc(Cl)ccc1-c1ccc(NC(=O)c2ccc(C(F)(F)F)cc2-c2ccc(C(=O)CCCC(=O)O)nc2)cc1. The van der Waals surface area contributed by atoms with E-state index >= 15 is 0 Å². The van der Waals surface area contributed by atoms with E-state index in [-0.39, 0.29) is 41.6 Å². The molecule has 3 aromatic carbocycles. The Labute approximate surface area is 238 Å². The maximum absolute atomic E-state index is 13.5. The second kappa shape index (κ2) is 12.3. The summed E-state index contributed by atoms with van der Waals surface area (Å²) in [4.78, 5) is 40.3. The molecule has 0 atom stereocenters. The lowest BCUT2D eigenvalue weighted by atomic mass is 9.96. The van der Waals surface area contributed by atoms with Gasteiger partial charge in [-0.3, -0.25) is 19.4 Å². The highest BCUT2D eigenvalue weighted by Gasteiger charge is 2.32. The number of pyridine rings is 1. The number of Topliss-reactive ketones (excluding diaryl/α,β-unsaturated/α-hetero) is 1. The lowest BCUT2D eigenvalue weighted by Gasteiger charge is -2.15. The van der Waals surface area contributed by atoms with Gasteiger partial charge in [0.05, 0.1) is 5.56 Å². The maximum Gasteiger partial charge on any atom is 0.416 e. The Morgan fingerprint density at radius 2 is 1.59 bits per heavy atom. The molecule has 4 rings (SSSR count). The van der Waals surface area contributed by atoms with Gasteiger partial charge in [0.1, 0.15) is 5.69 Å². The quantitative estimate of drug-likeness (QED) is 0.195. The third-order valence-corrected chi connectivity index (χ3v) is 6.62. The van der Waals surface area contributed by atoms with Crippen molar-refractivity contribution in [3.8, 4) is 22.3 Å². The molecule has 0 spiro atoms.